The van der Waals surface area contributed by atoms with Gasteiger partial charge in [0, 0.05) is 41.9 Å². The summed E-state index contributed by atoms with van der Waals surface area (Å²) in [4.78, 5) is 42.9. The van der Waals surface area contributed by atoms with Crippen molar-refractivity contribution in [3.63, 3.8) is 0 Å². The summed E-state index contributed by atoms with van der Waals surface area (Å²) in [5.74, 6) is -0.975. The second-order valence-corrected chi connectivity index (χ2v) is 8.35. The number of ketones is 1. The highest BCUT2D eigenvalue weighted by Gasteiger charge is 2.34. The van der Waals surface area contributed by atoms with Crippen molar-refractivity contribution in [2.75, 3.05) is 23.9 Å². The Morgan fingerprint density at radius 3 is 2.12 bits per heavy atom. The maximum Gasteiger partial charge on any atom is 0.265 e. The van der Waals surface area contributed by atoms with E-state index in [1.165, 1.54) is 11.0 Å². The number of carbonyl (C=O) groups excluding carboxylic acids is 3. The van der Waals surface area contributed by atoms with Crippen LogP contribution >= 0.6 is 0 Å². The quantitative estimate of drug-likeness (QED) is 0.227. The lowest BCUT2D eigenvalue weighted by Gasteiger charge is -2.27. The van der Waals surface area contributed by atoms with Crippen LogP contribution in [-0.2, 0) is 0 Å². The lowest BCUT2D eigenvalue weighted by atomic mass is 9.89. The van der Waals surface area contributed by atoms with Gasteiger partial charge in [-0.15, -0.1) is 0 Å². The molecule has 0 saturated carbocycles. The van der Waals surface area contributed by atoms with Crippen molar-refractivity contribution in [3.8, 4) is 0 Å². The summed E-state index contributed by atoms with van der Waals surface area (Å²) in [5.41, 5.74) is 3.78. The summed E-state index contributed by atoms with van der Waals surface area (Å²) in [7, 11) is 3.95. The molecule has 5 rings (SSSR count). The molecule has 166 valence electrons. The van der Waals surface area contributed by atoms with Gasteiger partial charge in [0.2, 0.25) is 0 Å². The molecule has 0 unspecified atom stereocenters. The maximum absolute atomic E-state index is 13.3. The van der Waals surface area contributed by atoms with Crippen molar-refractivity contribution in [2.45, 2.75) is 0 Å². The van der Waals surface area contributed by atoms with Crippen LogP contribution in [0.4, 0.5) is 11.4 Å². The summed E-state index contributed by atoms with van der Waals surface area (Å²) in [6.07, 6.45) is 3.29. The molecule has 1 heterocycles. The molecule has 0 aliphatic carbocycles. The largest absolute Gasteiger partial charge is 0.378 e. The van der Waals surface area contributed by atoms with Crippen LogP contribution in [0.3, 0.4) is 0 Å². The molecule has 0 N–H and O–H groups in total. The van der Waals surface area contributed by atoms with Crippen LogP contribution in [0.2, 0.25) is 0 Å². The second kappa shape index (κ2) is 8.45. The summed E-state index contributed by atoms with van der Waals surface area (Å²) < 4.78 is 0. The lowest BCUT2D eigenvalue weighted by molar-refractivity contribution is 0.0892. The molecule has 5 heteroatoms. The zero-order chi connectivity index (χ0) is 23.8. The third kappa shape index (κ3) is 3.57. The SMILES string of the molecule is CN(C)c1ccc(C=CC(=O)c2ccc3c4c(cccc24)C(=O)N(c2ccccc2)C3=O)cc1. The van der Waals surface area contributed by atoms with Crippen molar-refractivity contribution in [2.24, 2.45) is 0 Å². The molecule has 0 atom stereocenters. The Kier molecular flexibility index (Phi) is 5.30. The zero-order valence-corrected chi connectivity index (χ0v) is 18.9. The van der Waals surface area contributed by atoms with Gasteiger partial charge in [0.15, 0.2) is 5.78 Å². The molecule has 0 spiro atoms. The Bertz CT molecular complexity index is 1450. The van der Waals surface area contributed by atoms with Crippen LogP contribution in [0.25, 0.3) is 16.8 Å². The highest BCUT2D eigenvalue weighted by molar-refractivity contribution is 6.37. The predicted molar refractivity (Wildman–Crippen MR) is 136 cm³/mol. The van der Waals surface area contributed by atoms with E-state index in [0.717, 1.165) is 11.3 Å². The number of imide groups is 1. The van der Waals surface area contributed by atoms with Crippen LogP contribution in [0.1, 0.15) is 36.6 Å². The average Bonchev–Trinajstić information content (AvgIpc) is 2.86. The van der Waals surface area contributed by atoms with Gasteiger partial charge in [0.25, 0.3) is 11.8 Å². The van der Waals surface area contributed by atoms with E-state index in [-0.39, 0.29) is 5.78 Å². The summed E-state index contributed by atoms with van der Waals surface area (Å²) in [5, 5.41) is 1.13. The van der Waals surface area contributed by atoms with Crippen molar-refractivity contribution >= 4 is 45.8 Å². The van der Waals surface area contributed by atoms with E-state index in [9.17, 15) is 14.4 Å². The smallest absolute Gasteiger partial charge is 0.265 e. The van der Waals surface area contributed by atoms with Crippen LogP contribution in [0.5, 0.6) is 0 Å². The highest BCUT2D eigenvalue weighted by atomic mass is 16.2. The molecule has 34 heavy (non-hydrogen) atoms. The summed E-state index contributed by atoms with van der Waals surface area (Å²) in [6.45, 7) is 0. The van der Waals surface area contributed by atoms with E-state index in [2.05, 4.69) is 0 Å². The Morgan fingerprint density at radius 1 is 0.765 bits per heavy atom. The average molecular weight is 447 g/mol. The molecule has 5 nitrogen and oxygen atoms in total. The first-order valence-corrected chi connectivity index (χ1v) is 10.9. The van der Waals surface area contributed by atoms with Gasteiger partial charge < -0.3 is 4.90 Å². The number of para-hydroxylation sites is 1. The second-order valence-electron chi connectivity index (χ2n) is 8.35. The molecule has 4 aromatic carbocycles. The van der Waals surface area contributed by atoms with E-state index in [1.54, 1.807) is 60.7 Å². The monoisotopic (exact) mass is 446 g/mol. The topological polar surface area (TPSA) is 57.7 Å². The van der Waals surface area contributed by atoms with Gasteiger partial charge in [0.1, 0.15) is 0 Å². The first-order valence-electron chi connectivity index (χ1n) is 10.9. The van der Waals surface area contributed by atoms with Crippen molar-refractivity contribution < 1.29 is 14.4 Å². The summed E-state index contributed by atoms with van der Waals surface area (Å²) >= 11 is 0. The van der Waals surface area contributed by atoms with Gasteiger partial charge in [-0.1, -0.05) is 48.5 Å². The number of allylic oxidation sites excluding steroid dienone is 1. The molecule has 0 radical (unpaired) electrons. The van der Waals surface area contributed by atoms with Gasteiger partial charge in [-0.05, 0) is 59.5 Å². The Morgan fingerprint density at radius 2 is 1.44 bits per heavy atom. The van der Waals surface area contributed by atoms with Gasteiger partial charge >= 0.3 is 0 Å². The fourth-order valence-corrected chi connectivity index (χ4v) is 4.27. The molecule has 1 aliphatic heterocycles. The van der Waals surface area contributed by atoms with Gasteiger partial charge in [-0.3, -0.25) is 14.4 Å². The molecule has 0 aromatic heterocycles. The van der Waals surface area contributed by atoms with E-state index in [0.29, 0.717) is 33.2 Å². The van der Waals surface area contributed by atoms with Crippen molar-refractivity contribution in [1.82, 2.24) is 0 Å². The van der Waals surface area contributed by atoms with E-state index in [1.807, 2.05) is 49.3 Å². The third-order valence-electron chi connectivity index (χ3n) is 6.02. The van der Waals surface area contributed by atoms with Crippen LogP contribution in [-0.4, -0.2) is 31.7 Å². The van der Waals surface area contributed by atoms with Crippen molar-refractivity contribution in [1.29, 1.82) is 0 Å². The zero-order valence-electron chi connectivity index (χ0n) is 18.9. The number of carbonyl (C=O) groups is 3. The van der Waals surface area contributed by atoms with E-state index < -0.39 is 11.8 Å². The number of benzene rings is 4. The molecule has 4 aromatic rings. The van der Waals surface area contributed by atoms with Crippen LogP contribution in [0.15, 0.2) is 91.0 Å². The number of rotatable bonds is 5. The van der Waals surface area contributed by atoms with Crippen LogP contribution in [0, 0.1) is 0 Å². The molecular weight excluding hydrogens is 424 g/mol. The van der Waals surface area contributed by atoms with Gasteiger partial charge in [0.05, 0.1) is 5.69 Å². The van der Waals surface area contributed by atoms with Crippen molar-refractivity contribution in [3.05, 3.63) is 113 Å². The first-order chi connectivity index (χ1) is 16.5. The molecule has 0 bridgehead atoms. The number of hydrogen-bond donors (Lipinski definition) is 0. The standard InChI is InChI=1S/C29H22N2O3/c1-30(2)20-14-11-19(12-15-20)13-18-26(32)22-16-17-25-27-23(22)9-6-10-24(27)28(33)31(29(25)34)21-7-4-3-5-8-21/h3-18H,1-2H3. The summed E-state index contributed by atoms with van der Waals surface area (Å²) in [6, 6.07) is 25.3. The number of hydrogen-bond acceptors (Lipinski definition) is 4. The molecule has 1 aliphatic rings. The minimum Gasteiger partial charge on any atom is -0.378 e. The predicted octanol–water partition coefficient (Wildman–Crippen LogP) is 5.60. The first kappa shape index (κ1) is 21.3. The Labute approximate surface area is 197 Å². The normalized spacial score (nSPS) is 13.1. The van der Waals surface area contributed by atoms with Crippen LogP contribution < -0.4 is 9.80 Å². The van der Waals surface area contributed by atoms with E-state index in [4.69, 9.17) is 0 Å². The molecular formula is C29H22N2O3. The Balaban J connectivity index is 1.53. The maximum atomic E-state index is 13.3. The minimum atomic E-state index is -0.393. The number of nitrogens with zero attached hydrogens (tertiary/aromatic N) is 2. The fourth-order valence-electron chi connectivity index (χ4n) is 4.27. The lowest BCUT2D eigenvalue weighted by Crippen LogP contribution is -2.40. The number of anilines is 2. The molecule has 0 saturated heterocycles. The number of amides is 2. The molecule has 2 amide bonds. The van der Waals surface area contributed by atoms with Gasteiger partial charge in [-0.2, -0.15) is 0 Å². The van der Waals surface area contributed by atoms with Gasteiger partial charge in [-0.25, -0.2) is 4.90 Å². The highest BCUT2D eigenvalue weighted by Crippen LogP contribution is 2.34. The Hall–Kier alpha value is -4.51. The minimum absolute atomic E-state index is 0.189. The third-order valence-corrected chi connectivity index (χ3v) is 6.02. The fraction of sp³-hybridized carbons (Fsp3) is 0.0690. The van der Waals surface area contributed by atoms with E-state index >= 15 is 0 Å². The molecule has 0 fully saturated rings.